The summed E-state index contributed by atoms with van der Waals surface area (Å²) in [6, 6.07) is 6.86. The second kappa shape index (κ2) is 6.45. The van der Waals surface area contributed by atoms with Crippen LogP contribution in [0.2, 0.25) is 0 Å². The zero-order valence-electron chi connectivity index (χ0n) is 13.4. The second-order valence-electron chi connectivity index (χ2n) is 6.08. The van der Waals surface area contributed by atoms with E-state index in [2.05, 4.69) is 19.9 Å². The van der Waals surface area contributed by atoms with Crippen molar-refractivity contribution in [3.8, 4) is 0 Å². The molecule has 1 aliphatic heterocycles. The summed E-state index contributed by atoms with van der Waals surface area (Å²) in [4.78, 5) is 16.8. The van der Waals surface area contributed by atoms with Crippen LogP contribution < -0.4 is 10.6 Å². The van der Waals surface area contributed by atoms with Gasteiger partial charge in [-0.05, 0) is 36.6 Å². The van der Waals surface area contributed by atoms with Crippen molar-refractivity contribution in [2.75, 3.05) is 37.8 Å². The number of likely N-dealkylation sites (tertiary alicyclic amines) is 1. The summed E-state index contributed by atoms with van der Waals surface area (Å²) in [6.45, 7) is 2.43. The van der Waals surface area contributed by atoms with Gasteiger partial charge in [-0.2, -0.15) is 15.0 Å². The van der Waals surface area contributed by atoms with Gasteiger partial charge in [0.05, 0.1) is 6.54 Å². The van der Waals surface area contributed by atoms with E-state index in [1.807, 2.05) is 20.2 Å². The summed E-state index contributed by atoms with van der Waals surface area (Å²) >= 11 is 0. The van der Waals surface area contributed by atoms with Gasteiger partial charge in [0.1, 0.15) is 11.6 Å². The quantitative estimate of drug-likeness (QED) is 0.925. The average molecular weight is 316 g/mol. The van der Waals surface area contributed by atoms with Crippen LogP contribution >= 0.6 is 0 Å². The van der Waals surface area contributed by atoms with E-state index in [9.17, 15) is 4.39 Å². The van der Waals surface area contributed by atoms with Crippen molar-refractivity contribution in [3.63, 3.8) is 0 Å². The Labute approximate surface area is 135 Å². The molecule has 0 amide bonds. The van der Waals surface area contributed by atoms with Crippen LogP contribution in [-0.2, 0) is 6.54 Å². The number of nitrogens with zero attached hydrogens (tertiary/aromatic N) is 5. The van der Waals surface area contributed by atoms with Gasteiger partial charge in [0.15, 0.2) is 0 Å². The topological polar surface area (TPSA) is 71.2 Å². The summed E-state index contributed by atoms with van der Waals surface area (Å²) in [5.74, 6) is 1.63. The van der Waals surface area contributed by atoms with Crippen LogP contribution in [0, 0.1) is 5.82 Å². The molecule has 0 saturated carbocycles. The minimum atomic E-state index is -0.179. The highest BCUT2D eigenvalue weighted by atomic mass is 19.1. The molecule has 1 aliphatic rings. The molecule has 0 spiro atoms. The first kappa shape index (κ1) is 15.6. The van der Waals surface area contributed by atoms with Gasteiger partial charge in [0, 0.05) is 20.6 Å². The third-order valence-corrected chi connectivity index (χ3v) is 4.04. The van der Waals surface area contributed by atoms with Crippen molar-refractivity contribution in [3.05, 3.63) is 41.5 Å². The summed E-state index contributed by atoms with van der Waals surface area (Å²) in [7, 11) is 3.74. The normalized spacial score (nSPS) is 18.3. The molecule has 0 aliphatic carbocycles. The SMILES string of the molecule is CN(C)c1nc(N)nc(CN2CC[C@@H](c3cccc(F)c3)C2)n1. The molecule has 0 unspecified atom stereocenters. The maximum Gasteiger partial charge on any atom is 0.229 e. The third-order valence-electron chi connectivity index (χ3n) is 4.04. The van der Waals surface area contributed by atoms with Crippen molar-refractivity contribution < 1.29 is 4.39 Å². The molecular weight excluding hydrogens is 295 g/mol. The highest BCUT2D eigenvalue weighted by Gasteiger charge is 2.25. The smallest absolute Gasteiger partial charge is 0.229 e. The van der Waals surface area contributed by atoms with Crippen LogP contribution in [0.25, 0.3) is 0 Å². The highest BCUT2D eigenvalue weighted by Crippen LogP contribution is 2.28. The predicted octanol–water partition coefficient (Wildman–Crippen LogP) is 1.65. The molecule has 0 bridgehead atoms. The number of nitrogens with two attached hydrogens (primary N) is 1. The lowest BCUT2D eigenvalue weighted by Crippen LogP contribution is -2.23. The number of hydrogen-bond donors (Lipinski definition) is 1. The van der Waals surface area contributed by atoms with Gasteiger partial charge in [-0.25, -0.2) is 4.39 Å². The molecule has 23 heavy (non-hydrogen) atoms. The van der Waals surface area contributed by atoms with Crippen molar-refractivity contribution in [1.29, 1.82) is 0 Å². The lowest BCUT2D eigenvalue weighted by molar-refractivity contribution is 0.318. The lowest BCUT2D eigenvalue weighted by atomic mass is 9.98. The number of anilines is 2. The fraction of sp³-hybridized carbons (Fsp3) is 0.438. The van der Waals surface area contributed by atoms with Gasteiger partial charge in [-0.1, -0.05) is 12.1 Å². The first-order valence-corrected chi connectivity index (χ1v) is 7.67. The molecule has 3 rings (SSSR count). The molecule has 2 aromatic rings. The zero-order valence-corrected chi connectivity index (χ0v) is 13.4. The van der Waals surface area contributed by atoms with Gasteiger partial charge in [0.25, 0.3) is 0 Å². The maximum absolute atomic E-state index is 13.4. The van der Waals surface area contributed by atoms with Gasteiger partial charge in [-0.15, -0.1) is 0 Å². The Morgan fingerprint density at radius 1 is 1.30 bits per heavy atom. The van der Waals surface area contributed by atoms with Gasteiger partial charge in [-0.3, -0.25) is 4.90 Å². The molecule has 122 valence electrons. The summed E-state index contributed by atoms with van der Waals surface area (Å²) in [5, 5.41) is 0. The Morgan fingerprint density at radius 2 is 2.13 bits per heavy atom. The van der Waals surface area contributed by atoms with E-state index in [4.69, 9.17) is 5.73 Å². The molecule has 0 radical (unpaired) electrons. The van der Waals surface area contributed by atoms with Crippen LogP contribution in [0.5, 0.6) is 0 Å². The summed E-state index contributed by atoms with van der Waals surface area (Å²) in [5.41, 5.74) is 6.81. The fourth-order valence-corrected chi connectivity index (χ4v) is 2.90. The Bertz CT molecular complexity index is 690. The van der Waals surface area contributed by atoms with Crippen molar-refractivity contribution >= 4 is 11.9 Å². The number of hydrogen-bond acceptors (Lipinski definition) is 6. The van der Waals surface area contributed by atoms with Crippen molar-refractivity contribution in [1.82, 2.24) is 19.9 Å². The van der Waals surface area contributed by atoms with E-state index < -0.39 is 0 Å². The fourth-order valence-electron chi connectivity index (χ4n) is 2.90. The number of nitrogen functional groups attached to an aromatic ring is 1. The van der Waals surface area contributed by atoms with Gasteiger partial charge < -0.3 is 10.6 Å². The largest absolute Gasteiger partial charge is 0.368 e. The van der Waals surface area contributed by atoms with E-state index in [1.54, 1.807) is 17.0 Å². The average Bonchev–Trinajstić information content (AvgIpc) is 2.95. The standard InChI is InChI=1S/C16H21FN6/c1-22(2)16-20-14(19-15(18)21-16)10-23-7-6-12(9-23)11-4-3-5-13(17)8-11/h3-5,8,12H,6-7,9-10H2,1-2H3,(H2,18,19,20,21)/t12-/m1/s1. The van der Waals surface area contributed by atoms with Crippen LogP contribution in [0.4, 0.5) is 16.3 Å². The van der Waals surface area contributed by atoms with Crippen molar-refractivity contribution in [2.24, 2.45) is 0 Å². The molecule has 1 fully saturated rings. The number of halogens is 1. The molecule has 1 saturated heterocycles. The molecule has 2 N–H and O–H groups in total. The summed E-state index contributed by atoms with van der Waals surface area (Å²) in [6.07, 6.45) is 1.00. The van der Waals surface area contributed by atoms with Gasteiger partial charge >= 0.3 is 0 Å². The van der Waals surface area contributed by atoms with Gasteiger partial charge in [0.2, 0.25) is 11.9 Å². The summed E-state index contributed by atoms with van der Waals surface area (Å²) < 4.78 is 13.4. The second-order valence-corrected chi connectivity index (χ2v) is 6.08. The molecule has 6 nitrogen and oxygen atoms in total. The van der Waals surface area contributed by atoms with E-state index in [0.717, 1.165) is 25.1 Å². The molecule has 1 aromatic carbocycles. The third kappa shape index (κ3) is 3.73. The minimum absolute atomic E-state index is 0.179. The van der Waals surface area contributed by atoms with Crippen molar-refractivity contribution in [2.45, 2.75) is 18.9 Å². The number of aromatic nitrogens is 3. The van der Waals surface area contributed by atoms with E-state index in [1.165, 1.54) is 6.07 Å². The first-order chi connectivity index (χ1) is 11.0. The van der Waals surface area contributed by atoms with E-state index in [-0.39, 0.29) is 11.8 Å². The number of rotatable bonds is 4. The van der Waals surface area contributed by atoms with Crippen LogP contribution in [-0.4, -0.2) is 47.0 Å². The predicted molar refractivity (Wildman–Crippen MR) is 87.6 cm³/mol. The molecule has 1 aromatic heterocycles. The lowest BCUT2D eigenvalue weighted by Gasteiger charge is -2.17. The van der Waals surface area contributed by atoms with Crippen LogP contribution in [0.1, 0.15) is 23.7 Å². The monoisotopic (exact) mass is 316 g/mol. The molecular formula is C16H21FN6. The Hall–Kier alpha value is -2.28. The maximum atomic E-state index is 13.4. The number of benzene rings is 1. The first-order valence-electron chi connectivity index (χ1n) is 7.67. The van der Waals surface area contributed by atoms with Crippen LogP contribution in [0.15, 0.2) is 24.3 Å². The van der Waals surface area contributed by atoms with Crippen LogP contribution in [0.3, 0.4) is 0 Å². The Balaban J connectivity index is 1.68. The molecule has 1 atom stereocenters. The molecule has 2 heterocycles. The Morgan fingerprint density at radius 3 is 2.87 bits per heavy atom. The zero-order chi connectivity index (χ0) is 16.4. The van der Waals surface area contributed by atoms with E-state index >= 15 is 0 Å². The minimum Gasteiger partial charge on any atom is -0.368 e. The van der Waals surface area contributed by atoms with E-state index in [0.29, 0.717) is 24.2 Å². The molecule has 7 heteroatoms. The highest BCUT2D eigenvalue weighted by molar-refractivity contribution is 5.32. The Kier molecular flexibility index (Phi) is 4.38.